The van der Waals surface area contributed by atoms with Crippen molar-refractivity contribution >= 4 is 12.0 Å². The molecule has 2 amide bonds. The molecule has 1 N–H and O–H groups in total. The second-order valence-electron chi connectivity index (χ2n) is 6.80. The van der Waals surface area contributed by atoms with Gasteiger partial charge in [0, 0.05) is 24.7 Å². The Kier molecular flexibility index (Phi) is 4.09. The van der Waals surface area contributed by atoms with Crippen molar-refractivity contribution in [2.24, 2.45) is 5.92 Å². The summed E-state index contributed by atoms with van der Waals surface area (Å²) in [6.07, 6.45) is 8.04. The van der Waals surface area contributed by atoms with Crippen LogP contribution in [0.15, 0.2) is 0 Å². The molecule has 21 heavy (non-hydrogen) atoms. The number of urea groups is 1. The summed E-state index contributed by atoms with van der Waals surface area (Å²) in [4.78, 5) is 28.3. The van der Waals surface area contributed by atoms with Crippen molar-refractivity contribution in [1.82, 2.24) is 9.80 Å². The summed E-state index contributed by atoms with van der Waals surface area (Å²) >= 11 is 0. The number of amides is 2. The van der Waals surface area contributed by atoms with Gasteiger partial charge in [0.2, 0.25) is 0 Å². The Hall–Kier alpha value is -1.26. The lowest BCUT2D eigenvalue weighted by Crippen LogP contribution is -2.52. The number of carboxylic acids is 1. The minimum atomic E-state index is -0.733. The van der Waals surface area contributed by atoms with Crippen LogP contribution in [0.5, 0.6) is 0 Å². The molecule has 4 unspecified atom stereocenters. The molecule has 2 bridgehead atoms. The van der Waals surface area contributed by atoms with Gasteiger partial charge in [-0.2, -0.15) is 0 Å². The van der Waals surface area contributed by atoms with Gasteiger partial charge in [0.25, 0.3) is 0 Å². The highest BCUT2D eigenvalue weighted by molar-refractivity contribution is 5.79. The van der Waals surface area contributed by atoms with Crippen LogP contribution < -0.4 is 0 Å². The summed E-state index contributed by atoms with van der Waals surface area (Å²) in [5.74, 6) is -1.08. The third-order valence-electron chi connectivity index (χ3n) is 5.57. The van der Waals surface area contributed by atoms with Crippen LogP contribution in [0.3, 0.4) is 0 Å². The normalized spacial score (nSPS) is 35.3. The molecule has 3 saturated heterocycles. The zero-order chi connectivity index (χ0) is 15.0. The van der Waals surface area contributed by atoms with E-state index in [4.69, 9.17) is 0 Å². The average Bonchev–Trinajstić information content (AvgIpc) is 3.05. The number of carbonyl (C=O) groups is 2. The molecule has 0 saturated carbocycles. The lowest BCUT2D eigenvalue weighted by Gasteiger charge is -2.39. The minimum Gasteiger partial charge on any atom is -0.481 e. The number of nitrogens with zero attached hydrogens (tertiary/aromatic N) is 2. The molecule has 3 aliphatic heterocycles. The summed E-state index contributed by atoms with van der Waals surface area (Å²) in [7, 11) is 0. The summed E-state index contributed by atoms with van der Waals surface area (Å²) < 4.78 is 0. The number of likely N-dealkylation sites (tertiary alicyclic amines) is 1. The molecule has 0 spiro atoms. The first kappa shape index (κ1) is 14.7. The van der Waals surface area contributed by atoms with Crippen molar-refractivity contribution in [3.63, 3.8) is 0 Å². The van der Waals surface area contributed by atoms with Crippen molar-refractivity contribution in [2.75, 3.05) is 6.54 Å². The zero-order valence-electron chi connectivity index (χ0n) is 12.8. The molecule has 4 atom stereocenters. The second kappa shape index (κ2) is 5.85. The average molecular weight is 294 g/mol. The topological polar surface area (TPSA) is 60.9 Å². The first-order valence-electron chi connectivity index (χ1n) is 8.45. The molecule has 0 aromatic carbocycles. The number of piperidine rings is 1. The Labute approximate surface area is 126 Å². The lowest BCUT2D eigenvalue weighted by molar-refractivity contribution is -0.142. The van der Waals surface area contributed by atoms with Crippen molar-refractivity contribution in [3.05, 3.63) is 0 Å². The number of aliphatic carboxylic acids is 1. The van der Waals surface area contributed by atoms with E-state index >= 15 is 0 Å². The zero-order valence-corrected chi connectivity index (χ0v) is 12.8. The van der Waals surface area contributed by atoms with Crippen molar-refractivity contribution in [3.8, 4) is 0 Å². The van der Waals surface area contributed by atoms with Gasteiger partial charge in [-0.05, 0) is 44.9 Å². The molecular weight excluding hydrogens is 268 g/mol. The van der Waals surface area contributed by atoms with Crippen molar-refractivity contribution in [2.45, 2.75) is 76.4 Å². The molecule has 3 heterocycles. The maximum absolute atomic E-state index is 13.0. The molecule has 0 aromatic heterocycles. The number of rotatable bonds is 3. The molecule has 3 fully saturated rings. The first-order valence-corrected chi connectivity index (χ1v) is 8.45. The van der Waals surface area contributed by atoms with E-state index < -0.39 is 5.97 Å². The Bertz CT molecular complexity index is 424. The van der Waals surface area contributed by atoms with E-state index in [1.54, 1.807) is 0 Å². The van der Waals surface area contributed by atoms with Crippen LogP contribution in [0.1, 0.15) is 58.3 Å². The summed E-state index contributed by atoms with van der Waals surface area (Å²) in [5.41, 5.74) is 0. The SMILES string of the molecule is CCCC1CCCCN1C(=O)N1C2CCC1C(C(=O)O)C2. The van der Waals surface area contributed by atoms with Gasteiger partial charge < -0.3 is 14.9 Å². The van der Waals surface area contributed by atoms with Crippen LogP contribution in [-0.2, 0) is 4.79 Å². The van der Waals surface area contributed by atoms with Crippen LogP contribution >= 0.6 is 0 Å². The predicted molar refractivity (Wildman–Crippen MR) is 79.0 cm³/mol. The third kappa shape index (κ3) is 2.51. The first-order chi connectivity index (χ1) is 10.1. The quantitative estimate of drug-likeness (QED) is 0.870. The van der Waals surface area contributed by atoms with E-state index in [2.05, 4.69) is 6.92 Å². The molecule has 3 rings (SSSR count). The van der Waals surface area contributed by atoms with Gasteiger partial charge in [-0.1, -0.05) is 13.3 Å². The number of carboxylic acid groups (broad SMARTS) is 1. The summed E-state index contributed by atoms with van der Waals surface area (Å²) in [6, 6.07) is 0.570. The smallest absolute Gasteiger partial charge is 0.320 e. The Morgan fingerprint density at radius 1 is 1.19 bits per heavy atom. The maximum atomic E-state index is 13.0. The van der Waals surface area contributed by atoms with Crippen molar-refractivity contribution in [1.29, 1.82) is 0 Å². The molecular formula is C16H26N2O3. The summed E-state index contributed by atoms with van der Waals surface area (Å²) in [6.45, 7) is 3.01. The monoisotopic (exact) mass is 294 g/mol. The third-order valence-corrected chi connectivity index (χ3v) is 5.57. The van der Waals surface area contributed by atoms with Crippen LogP contribution in [0.25, 0.3) is 0 Å². The fourth-order valence-electron chi connectivity index (χ4n) is 4.59. The molecule has 0 aromatic rings. The fourth-order valence-corrected chi connectivity index (χ4v) is 4.59. The van der Waals surface area contributed by atoms with Crippen LogP contribution in [0, 0.1) is 5.92 Å². The van der Waals surface area contributed by atoms with Crippen LogP contribution in [0.4, 0.5) is 4.79 Å². The van der Waals surface area contributed by atoms with Crippen LogP contribution in [-0.4, -0.2) is 51.6 Å². The lowest BCUT2D eigenvalue weighted by atomic mass is 9.89. The van der Waals surface area contributed by atoms with Gasteiger partial charge in [0.05, 0.1) is 5.92 Å². The highest BCUT2D eigenvalue weighted by Gasteiger charge is 2.52. The summed E-state index contributed by atoms with van der Waals surface area (Å²) in [5, 5.41) is 9.33. The van der Waals surface area contributed by atoms with Gasteiger partial charge in [0.1, 0.15) is 0 Å². The maximum Gasteiger partial charge on any atom is 0.320 e. The molecule has 0 radical (unpaired) electrons. The minimum absolute atomic E-state index is 0.0656. The largest absolute Gasteiger partial charge is 0.481 e. The standard InChI is InChI=1S/C16H26N2O3/c1-2-5-11-6-3-4-9-17(11)16(21)18-12-7-8-14(18)13(10-12)15(19)20/h11-14H,2-10H2,1H3,(H,19,20). The highest BCUT2D eigenvalue weighted by atomic mass is 16.4. The molecule has 118 valence electrons. The Morgan fingerprint density at radius 3 is 2.67 bits per heavy atom. The molecule has 5 heteroatoms. The van der Waals surface area contributed by atoms with E-state index in [1.807, 2.05) is 9.80 Å². The van der Waals surface area contributed by atoms with Gasteiger partial charge in [-0.3, -0.25) is 4.79 Å². The van der Waals surface area contributed by atoms with Crippen LogP contribution in [0.2, 0.25) is 0 Å². The van der Waals surface area contributed by atoms with Gasteiger partial charge in [-0.15, -0.1) is 0 Å². The Balaban J connectivity index is 1.74. The van der Waals surface area contributed by atoms with E-state index in [0.29, 0.717) is 12.5 Å². The van der Waals surface area contributed by atoms with Crippen molar-refractivity contribution < 1.29 is 14.7 Å². The molecule has 0 aliphatic carbocycles. The molecule has 3 aliphatic rings. The van der Waals surface area contributed by atoms with E-state index in [-0.39, 0.29) is 24.0 Å². The number of carbonyl (C=O) groups excluding carboxylic acids is 1. The fraction of sp³-hybridized carbons (Fsp3) is 0.875. The van der Waals surface area contributed by atoms with Gasteiger partial charge in [0.15, 0.2) is 0 Å². The van der Waals surface area contributed by atoms with E-state index in [9.17, 15) is 14.7 Å². The van der Waals surface area contributed by atoms with Gasteiger partial charge >= 0.3 is 12.0 Å². The molecule has 5 nitrogen and oxygen atoms in total. The number of hydrogen-bond donors (Lipinski definition) is 1. The second-order valence-corrected chi connectivity index (χ2v) is 6.80. The van der Waals surface area contributed by atoms with Gasteiger partial charge in [-0.25, -0.2) is 4.79 Å². The highest BCUT2D eigenvalue weighted by Crippen LogP contribution is 2.43. The number of fused-ring (bicyclic) bond motifs is 2. The predicted octanol–water partition coefficient (Wildman–Crippen LogP) is 2.70. The Morgan fingerprint density at radius 2 is 2.00 bits per heavy atom. The number of hydrogen-bond acceptors (Lipinski definition) is 2. The van der Waals surface area contributed by atoms with E-state index in [1.165, 1.54) is 6.42 Å². The van der Waals surface area contributed by atoms with E-state index in [0.717, 1.165) is 45.1 Å².